The van der Waals surface area contributed by atoms with E-state index in [1.165, 1.54) is 96.4 Å². The second-order valence-corrected chi connectivity index (χ2v) is 8.69. The summed E-state index contributed by atoms with van der Waals surface area (Å²) >= 11 is 0. The predicted molar refractivity (Wildman–Crippen MR) is 102 cm³/mol. The van der Waals surface area contributed by atoms with Gasteiger partial charge in [0.1, 0.15) is 0 Å². The van der Waals surface area contributed by atoms with Crippen LogP contribution in [0.4, 0.5) is 0 Å². The highest BCUT2D eigenvalue weighted by Gasteiger charge is 2.36. The van der Waals surface area contributed by atoms with Crippen molar-refractivity contribution in [2.24, 2.45) is 0 Å². The number of nitrogens with zero attached hydrogens (tertiary/aromatic N) is 1. The quantitative estimate of drug-likeness (QED) is 0.194. The molecule has 0 radical (unpaired) electrons. The molecule has 1 fully saturated rings. The minimum Gasteiger partial charge on any atom is -0.370 e. The fraction of sp³-hybridized carbons (Fsp3) is 1.00. The van der Waals surface area contributed by atoms with Gasteiger partial charge in [-0.3, -0.25) is 0 Å². The molecule has 2 nitrogen and oxygen atoms in total. The summed E-state index contributed by atoms with van der Waals surface area (Å²) in [5.74, 6) is 0. The second-order valence-electron chi connectivity index (χ2n) is 8.69. The largest absolute Gasteiger partial charge is 0.370 e. The van der Waals surface area contributed by atoms with E-state index in [0.29, 0.717) is 12.2 Å². The zero-order chi connectivity index (χ0) is 17.0. The summed E-state index contributed by atoms with van der Waals surface area (Å²) in [4.78, 5) is 0. The average molecular weight is 327 g/mol. The molecule has 0 aromatic heterocycles. The summed E-state index contributed by atoms with van der Waals surface area (Å²) in [6, 6.07) is 0. The summed E-state index contributed by atoms with van der Waals surface area (Å²) < 4.78 is 6.94. The Labute approximate surface area is 146 Å². The van der Waals surface area contributed by atoms with Gasteiger partial charge in [-0.15, -0.1) is 0 Å². The lowest BCUT2D eigenvalue weighted by Crippen LogP contribution is -2.35. The molecule has 1 rings (SSSR count). The van der Waals surface area contributed by atoms with E-state index in [2.05, 4.69) is 28.1 Å². The molecule has 0 aromatic rings. The molecule has 0 N–H and O–H groups in total. The van der Waals surface area contributed by atoms with Crippen molar-refractivity contribution >= 4 is 0 Å². The number of hydrogen-bond donors (Lipinski definition) is 0. The van der Waals surface area contributed by atoms with Crippen LogP contribution < -0.4 is 0 Å². The summed E-state index contributed by atoms with van der Waals surface area (Å²) in [6.45, 7) is 3.60. The lowest BCUT2D eigenvalue weighted by atomic mass is 10.0. The first kappa shape index (κ1) is 21.0. The zero-order valence-corrected chi connectivity index (χ0v) is 16.6. The van der Waals surface area contributed by atoms with Gasteiger partial charge in [-0.25, -0.2) is 0 Å². The normalized spacial score (nSPS) is 20.9. The number of rotatable bonds is 16. The van der Waals surface area contributed by atoms with Gasteiger partial charge in [-0.1, -0.05) is 71.1 Å². The zero-order valence-electron chi connectivity index (χ0n) is 16.6. The molecule has 0 aliphatic carbocycles. The third kappa shape index (κ3) is 12.9. The van der Waals surface area contributed by atoms with E-state index in [4.69, 9.17) is 4.74 Å². The van der Waals surface area contributed by atoms with Gasteiger partial charge in [0, 0.05) is 0 Å². The maximum absolute atomic E-state index is 5.83. The first-order valence-electron chi connectivity index (χ1n) is 10.5. The standard InChI is InChI=1S/C21H44NO/c1-5-6-7-8-11-14-17-20-21(23-20)18-15-12-9-10-13-16-19-22(2,3)4/h20-21H,5-19H2,1-4H3/q+1/t20-,21-/m1/s1. The van der Waals surface area contributed by atoms with Gasteiger partial charge in [0.05, 0.1) is 39.9 Å². The Morgan fingerprint density at radius 3 is 1.52 bits per heavy atom. The first-order valence-corrected chi connectivity index (χ1v) is 10.5. The monoisotopic (exact) mass is 326 g/mol. The Hall–Kier alpha value is -0.0800. The molecule has 1 saturated heterocycles. The molecule has 2 atom stereocenters. The van der Waals surface area contributed by atoms with Crippen LogP contribution in [0.3, 0.4) is 0 Å². The number of epoxide rings is 1. The maximum Gasteiger partial charge on any atom is 0.0841 e. The van der Waals surface area contributed by atoms with Crippen LogP contribution in [-0.2, 0) is 4.74 Å². The molecular weight excluding hydrogens is 282 g/mol. The molecule has 2 heteroatoms. The molecule has 138 valence electrons. The number of ether oxygens (including phenoxy) is 1. The van der Waals surface area contributed by atoms with Crippen molar-refractivity contribution in [3.05, 3.63) is 0 Å². The van der Waals surface area contributed by atoms with Crippen LogP contribution in [-0.4, -0.2) is 44.4 Å². The molecule has 1 aliphatic heterocycles. The van der Waals surface area contributed by atoms with E-state index in [9.17, 15) is 0 Å². The number of hydrogen-bond acceptors (Lipinski definition) is 1. The van der Waals surface area contributed by atoms with Crippen molar-refractivity contribution in [1.29, 1.82) is 0 Å². The lowest BCUT2D eigenvalue weighted by Gasteiger charge is -2.23. The average Bonchev–Trinajstić information content (AvgIpc) is 3.23. The molecule has 0 amide bonds. The van der Waals surface area contributed by atoms with Crippen LogP contribution in [0, 0.1) is 0 Å². The summed E-state index contributed by atoms with van der Waals surface area (Å²) in [5.41, 5.74) is 0. The third-order valence-electron chi connectivity index (χ3n) is 5.10. The van der Waals surface area contributed by atoms with Gasteiger partial charge in [0.15, 0.2) is 0 Å². The van der Waals surface area contributed by atoms with Gasteiger partial charge in [-0.2, -0.15) is 0 Å². The topological polar surface area (TPSA) is 12.5 Å². The minimum absolute atomic E-state index is 0.629. The first-order chi connectivity index (χ1) is 11.0. The van der Waals surface area contributed by atoms with E-state index >= 15 is 0 Å². The van der Waals surface area contributed by atoms with E-state index in [-0.39, 0.29) is 0 Å². The maximum atomic E-state index is 5.83. The van der Waals surface area contributed by atoms with Gasteiger partial charge in [0.25, 0.3) is 0 Å². The van der Waals surface area contributed by atoms with Crippen LogP contribution in [0.25, 0.3) is 0 Å². The molecular formula is C21H44NO+. The summed E-state index contributed by atoms with van der Waals surface area (Å²) in [6.07, 6.45) is 20.8. The SMILES string of the molecule is CCCCCCCC[C@H]1O[C@@H]1CCCCCCCC[N+](C)(C)C. The lowest BCUT2D eigenvalue weighted by molar-refractivity contribution is -0.870. The van der Waals surface area contributed by atoms with Crippen LogP contribution in [0.2, 0.25) is 0 Å². The summed E-state index contributed by atoms with van der Waals surface area (Å²) in [7, 11) is 6.87. The molecule has 1 aliphatic rings. The number of unbranched alkanes of at least 4 members (excludes halogenated alkanes) is 10. The van der Waals surface area contributed by atoms with Gasteiger partial charge < -0.3 is 9.22 Å². The third-order valence-corrected chi connectivity index (χ3v) is 5.10. The number of quaternary nitrogens is 1. The van der Waals surface area contributed by atoms with Crippen LogP contribution >= 0.6 is 0 Å². The predicted octanol–water partition coefficient (Wildman–Crippen LogP) is 5.94. The summed E-state index contributed by atoms with van der Waals surface area (Å²) in [5, 5.41) is 0. The Balaban J connectivity index is 1.77. The highest BCUT2D eigenvalue weighted by atomic mass is 16.6. The van der Waals surface area contributed by atoms with Crippen LogP contribution in [0.1, 0.15) is 96.8 Å². The van der Waals surface area contributed by atoms with Crippen molar-refractivity contribution < 1.29 is 9.22 Å². The highest BCUT2D eigenvalue weighted by molar-refractivity contribution is 4.84. The Morgan fingerprint density at radius 2 is 1.04 bits per heavy atom. The van der Waals surface area contributed by atoms with E-state index in [1.54, 1.807) is 0 Å². The molecule has 0 aromatic carbocycles. The van der Waals surface area contributed by atoms with E-state index in [0.717, 1.165) is 4.48 Å². The molecule has 0 spiro atoms. The molecule has 23 heavy (non-hydrogen) atoms. The van der Waals surface area contributed by atoms with Crippen molar-refractivity contribution in [2.75, 3.05) is 27.7 Å². The minimum atomic E-state index is 0.629. The van der Waals surface area contributed by atoms with Gasteiger partial charge in [-0.05, 0) is 25.7 Å². The Morgan fingerprint density at radius 1 is 0.609 bits per heavy atom. The smallest absolute Gasteiger partial charge is 0.0841 e. The second kappa shape index (κ2) is 12.3. The molecule has 0 unspecified atom stereocenters. The fourth-order valence-corrected chi connectivity index (χ4v) is 3.45. The van der Waals surface area contributed by atoms with Gasteiger partial charge in [0.2, 0.25) is 0 Å². The van der Waals surface area contributed by atoms with Crippen molar-refractivity contribution in [1.82, 2.24) is 0 Å². The van der Waals surface area contributed by atoms with Crippen LogP contribution in [0.15, 0.2) is 0 Å². The van der Waals surface area contributed by atoms with Gasteiger partial charge >= 0.3 is 0 Å². The van der Waals surface area contributed by atoms with E-state index in [1.807, 2.05) is 0 Å². The molecule has 0 saturated carbocycles. The van der Waals surface area contributed by atoms with Crippen molar-refractivity contribution in [3.8, 4) is 0 Å². The Kier molecular flexibility index (Phi) is 11.2. The highest BCUT2D eigenvalue weighted by Crippen LogP contribution is 2.31. The van der Waals surface area contributed by atoms with Crippen molar-refractivity contribution in [3.63, 3.8) is 0 Å². The molecule has 0 bridgehead atoms. The molecule has 1 heterocycles. The van der Waals surface area contributed by atoms with E-state index < -0.39 is 0 Å². The Bertz CT molecular complexity index is 272. The van der Waals surface area contributed by atoms with Crippen LogP contribution in [0.5, 0.6) is 0 Å². The van der Waals surface area contributed by atoms with Crippen molar-refractivity contribution in [2.45, 2.75) is 109 Å². The fourth-order valence-electron chi connectivity index (χ4n) is 3.45.